The minimum Gasteiger partial charge on any atom is -0.485 e. The topological polar surface area (TPSA) is 118 Å². The summed E-state index contributed by atoms with van der Waals surface area (Å²) in [5.41, 5.74) is 4.45. The Morgan fingerprint density at radius 1 is 1.04 bits per heavy atom. The predicted octanol–water partition coefficient (Wildman–Crippen LogP) is 6.41. The maximum absolute atomic E-state index is 13.0. The summed E-state index contributed by atoms with van der Waals surface area (Å²) in [6, 6.07) is 17.4. The lowest BCUT2D eigenvalue weighted by molar-refractivity contribution is -0.122. The number of aromatic nitrogens is 3. The number of likely N-dealkylation sites (N-methyl/N-ethyl adjacent to an activating group) is 1. The molecule has 13 heteroatoms. The number of rotatable bonds is 11. The summed E-state index contributed by atoms with van der Waals surface area (Å²) in [5.74, 6) is -0.541. The molecule has 0 aliphatic heterocycles. The second-order valence-electron chi connectivity index (χ2n) is 10.4. The summed E-state index contributed by atoms with van der Waals surface area (Å²) in [6.07, 6.45) is 8.14. The van der Waals surface area contributed by atoms with E-state index in [1.807, 2.05) is 29.7 Å². The van der Waals surface area contributed by atoms with Crippen molar-refractivity contribution >= 4 is 74.3 Å². The van der Waals surface area contributed by atoms with Crippen molar-refractivity contribution in [2.75, 3.05) is 18.5 Å². The van der Waals surface area contributed by atoms with Crippen LogP contribution in [0, 0.1) is 6.92 Å². The lowest BCUT2D eigenvalue weighted by atomic mass is 10.1. The van der Waals surface area contributed by atoms with Gasteiger partial charge in [0.25, 0.3) is 5.91 Å². The van der Waals surface area contributed by atoms with Gasteiger partial charge in [0.15, 0.2) is 11.4 Å². The van der Waals surface area contributed by atoms with Crippen LogP contribution < -0.4 is 20.3 Å². The number of halogens is 3. The smallest absolute Gasteiger partial charge is 0.251 e. The second-order valence-corrected chi connectivity index (χ2v) is 11.9. The van der Waals surface area contributed by atoms with E-state index in [2.05, 4.69) is 36.5 Å². The molecular formula is C34H29BrCl2N6O4. The first kappa shape index (κ1) is 33.6. The van der Waals surface area contributed by atoms with Gasteiger partial charge in [-0.1, -0.05) is 41.4 Å². The Kier molecular flexibility index (Phi) is 10.9. The highest BCUT2D eigenvalue weighted by molar-refractivity contribution is 9.10. The van der Waals surface area contributed by atoms with E-state index in [-0.39, 0.29) is 24.1 Å². The molecule has 0 bridgehead atoms. The minimum atomic E-state index is -0.462. The van der Waals surface area contributed by atoms with Crippen LogP contribution in [0.4, 0.5) is 5.69 Å². The quantitative estimate of drug-likeness (QED) is 0.152. The summed E-state index contributed by atoms with van der Waals surface area (Å²) in [7, 11) is 1.56. The summed E-state index contributed by atoms with van der Waals surface area (Å²) < 4.78 is 8.75. The average molecular weight is 736 g/mol. The Balaban J connectivity index is 1.14. The molecule has 0 unspecified atom stereocenters. The van der Waals surface area contributed by atoms with Crippen molar-refractivity contribution in [1.82, 2.24) is 25.0 Å². The Hall–Kier alpha value is -4.71. The molecule has 0 radical (unpaired) electrons. The molecule has 5 rings (SSSR count). The molecular weight excluding hydrogens is 707 g/mol. The van der Waals surface area contributed by atoms with Gasteiger partial charge >= 0.3 is 0 Å². The number of hydrogen-bond acceptors (Lipinski definition) is 6. The van der Waals surface area contributed by atoms with Crippen LogP contribution in [0.5, 0.6) is 5.75 Å². The SMILES string of the molecule is Cc1nc2c(OCc3c(Cl)ccc(N(C)C(=O)CNC(=O)/C=C/c4ccc(C(=O)NCc5cccnc5)cc4)c3Cl)cccn2c1Br. The first-order valence-electron chi connectivity index (χ1n) is 14.3. The van der Waals surface area contributed by atoms with Crippen molar-refractivity contribution < 1.29 is 19.1 Å². The Labute approximate surface area is 289 Å². The number of anilines is 1. The fraction of sp³-hybridized carbons (Fsp3) is 0.147. The largest absolute Gasteiger partial charge is 0.485 e. The lowest BCUT2D eigenvalue weighted by Crippen LogP contribution is -2.37. The first-order chi connectivity index (χ1) is 22.6. The third-order valence-electron chi connectivity index (χ3n) is 7.18. The summed E-state index contributed by atoms with van der Waals surface area (Å²) in [6.45, 7) is 2.02. The number of hydrogen-bond donors (Lipinski definition) is 2. The number of fused-ring (bicyclic) bond motifs is 1. The van der Waals surface area contributed by atoms with E-state index in [1.54, 1.807) is 74.0 Å². The molecule has 3 amide bonds. The number of benzene rings is 2. The van der Waals surface area contributed by atoms with Crippen LogP contribution in [-0.4, -0.2) is 45.7 Å². The van der Waals surface area contributed by atoms with Gasteiger partial charge in [0, 0.05) is 54.4 Å². The molecule has 0 aliphatic carbocycles. The molecule has 0 fully saturated rings. The zero-order chi connectivity index (χ0) is 33.5. The Morgan fingerprint density at radius 3 is 2.57 bits per heavy atom. The summed E-state index contributed by atoms with van der Waals surface area (Å²) in [5, 5.41) is 6.06. The van der Waals surface area contributed by atoms with Crippen molar-refractivity contribution in [3.63, 3.8) is 0 Å². The number of aryl methyl sites for hydroxylation is 1. The van der Waals surface area contributed by atoms with Gasteiger partial charge in [-0.05, 0) is 82.5 Å². The van der Waals surface area contributed by atoms with Crippen molar-refractivity contribution in [2.24, 2.45) is 0 Å². The third-order valence-corrected chi connectivity index (χ3v) is 8.91. The van der Waals surface area contributed by atoms with Crippen molar-refractivity contribution in [1.29, 1.82) is 0 Å². The predicted molar refractivity (Wildman–Crippen MR) is 186 cm³/mol. The number of carbonyl (C=O) groups is 3. The monoisotopic (exact) mass is 734 g/mol. The third kappa shape index (κ3) is 8.18. The van der Waals surface area contributed by atoms with E-state index in [9.17, 15) is 14.4 Å². The van der Waals surface area contributed by atoms with Crippen molar-refractivity contribution in [3.8, 4) is 5.75 Å². The summed E-state index contributed by atoms with van der Waals surface area (Å²) in [4.78, 5) is 47.8. The van der Waals surface area contributed by atoms with Crippen LogP contribution >= 0.6 is 39.1 Å². The van der Waals surface area contributed by atoms with Gasteiger partial charge in [-0.25, -0.2) is 4.98 Å². The first-order valence-corrected chi connectivity index (χ1v) is 15.9. The molecule has 2 N–H and O–H groups in total. The normalized spacial score (nSPS) is 11.1. The lowest BCUT2D eigenvalue weighted by Gasteiger charge is -2.21. The molecule has 5 aromatic rings. The Morgan fingerprint density at radius 2 is 1.83 bits per heavy atom. The van der Waals surface area contributed by atoms with Gasteiger partial charge in [-0.3, -0.25) is 23.8 Å². The van der Waals surface area contributed by atoms with Gasteiger partial charge < -0.3 is 20.3 Å². The number of imidazole rings is 1. The maximum Gasteiger partial charge on any atom is 0.251 e. The molecule has 3 aromatic heterocycles. The number of pyridine rings is 2. The van der Waals surface area contributed by atoms with Crippen LogP contribution in [0.1, 0.15) is 32.7 Å². The fourth-order valence-corrected chi connectivity index (χ4v) is 5.53. The molecule has 10 nitrogen and oxygen atoms in total. The van der Waals surface area contributed by atoms with E-state index in [0.29, 0.717) is 45.3 Å². The van der Waals surface area contributed by atoms with Crippen LogP contribution in [-0.2, 0) is 22.7 Å². The number of nitrogens with zero attached hydrogens (tertiary/aromatic N) is 4. The molecule has 0 saturated carbocycles. The second kappa shape index (κ2) is 15.3. The average Bonchev–Trinajstić information content (AvgIpc) is 3.38. The number of amides is 3. The molecule has 0 atom stereocenters. The van der Waals surface area contributed by atoms with Crippen LogP contribution in [0.15, 0.2) is 89.9 Å². The zero-order valence-electron chi connectivity index (χ0n) is 25.3. The van der Waals surface area contributed by atoms with E-state index in [0.717, 1.165) is 15.9 Å². The van der Waals surface area contributed by atoms with E-state index in [1.165, 1.54) is 11.0 Å². The Bertz CT molecular complexity index is 1970. The fourth-order valence-electron chi connectivity index (χ4n) is 4.55. The molecule has 0 aliphatic rings. The van der Waals surface area contributed by atoms with Crippen LogP contribution in [0.25, 0.3) is 11.7 Å². The number of ether oxygens (including phenoxy) is 1. The van der Waals surface area contributed by atoms with E-state index >= 15 is 0 Å². The van der Waals surface area contributed by atoms with E-state index in [4.69, 9.17) is 27.9 Å². The number of carbonyl (C=O) groups excluding carboxylic acids is 3. The van der Waals surface area contributed by atoms with Gasteiger partial charge in [-0.15, -0.1) is 0 Å². The maximum atomic E-state index is 13.0. The molecule has 0 saturated heterocycles. The highest BCUT2D eigenvalue weighted by Crippen LogP contribution is 2.35. The van der Waals surface area contributed by atoms with E-state index < -0.39 is 11.8 Å². The molecule has 2 aromatic carbocycles. The van der Waals surface area contributed by atoms with Crippen molar-refractivity contribution in [2.45, 2.75) is 20.1 Å². The van der Waals surface area contributed by atoms with Gasteiger partial charge in [0.2, 0.25) is 11.8 Å². The summed E-state index contributed by atoms with van der Waals surface area (Å²) >= 11 is 16.7. The molecule has 0 spiro atoms. The highest BCUT2D eigenvalue weighted by Gasteiger charge is 2.20. The molecule has 3 heterocycles. The highest BCUT2D eigenvalue weighted by atomic mass is 79.9. The van der Waals surface area contributed by atoms with Crippen LogP contribution in [0.3, 0.4) is 0 Å². The molecule has 47 heavy (non-hydrogen) atoms. The molecule has 240 valence electrons. The van der Waals surface area contributed by atoms with Crippen molar-refractivity contribution in [3.05, 3.63) is 128 Å². The van der Waals surface area contributed by atoms with Gasteiger partial charge in [0.05, 0.1) is 22.9 Å². The minimum absolute atomic E-state index is 0.0370. The zero-order valence-corrected chi connectivity index (χ0v) is 28.4. The van der Waals surface area contributed by atoms with Gasteiger partial charge in [0.1, 0.15) is 11.2 Å². The van der Waals surface area contributed by atoms with Gasteiger partial charge in [-0.2, -0.15) is 0 Å². The number of nitrogens with one attached hydrogen (secondary N) is 2. The van der Waals surface area contributed by atoms with Crippen LogP contribution in [0.2, 0.25) is 10.0 Å². The standard InChI is InChI=1S/C34H29BrCl2N6O4/c1-21-32(35)43-16-4-6-28(33(43)41-21)47-20-25-26(36)12-13-27(31(25)37)42(2)30(45)19-39-29(44)14-9-22-7-10-24(11-8-22)34(46)40-18-23-5-3-15-38-17-23/h3-17H,18-20H2,1-2H3,(H,39,44)(H,40,46)/b14-9+.